The maximum Gasteiger partial charge on any atom is 0.119 e. The summed E-state index contributed by atoms with van der Waals surface area (Å²) in [6.07, 6.45) is 5.36. The number of ether oxygens (including phenoxy) is 3. The fraction of sp³-hybridized carbons (Fsp3) is 0.0833. The molecule has 0 spiro atoms. The topological polar surface area (TPSA) is 66.4 Å². The molecule has 0 fully saturated rings. The number of rotatable bonds is 6. The van der Waals surface area contributed by atoms with E-state index in [4.69, 9.17) is 14.2 Å². The van der Waals surface area contributed by atoms with Crippen LogP contribution in [0.5, 0.6) is 17.2 Å². The van der Waals surface area contributed by atoms with Crippen LogP contribution in [0.2, 0.25) is 0 Å². The third-order valence-corrected chi connectivity index (χ3v) is 6.09. The number of hydrogen-bond acceptors (Lipinski definition) is 6. The van der Waals surface area contributed by atoms with Gasteiger partial charge < -0.3 is 14.2 Å². The summed E-state index contributed by atoms with van der Waals surface area (Å²) in [5, 5.41) is 0. The van der Waals surface area contributed by atoms with Crippen LogP contribution in [0.3, 0.4) is 0 Å². The van der Waals surface area contributed by atoms with E-state index < -0.39 is 0 Å². The number of benzene rings is 3. The first-order chi connectivity index (χ1) is 20.7. The van der Waals surface area contributed by atoms with Crippen LogP contribution in [-0.4, -0.2) is 36.3 Å². The smallest absolute Gasteiger partial charge is 0.119 e. The van der Waals surface area contributed by atoms with Gasteiger partial charge in [0, 0.05) is 55.4 Å². The Labute approximate surface area is 266 Å². The van der Waals surface area contributed by atoms with Crippen LogP contribution in [-0.2, 0) is 20.1 Å². The van der Waals surface area contributed by atoms with Crippen molar-refractivity contribution in [2.24, 2.45) is 0 Å². The number of methoxy groups -OCH3 is 3. The molecule has 7 heteroatoms. The van der Waals surface area contributed by atoms with Crippen molar-refractivity contribution in [3.63, 3.8) is 0 Å². The molecule has 3 aromatic carbocycles. The molecule has 0 unspecified atom stereocenters. The van der Waals surface area contributed by atoms with Gasteiger partial charge in [-0.2, -0.15) is 0 Å². The van der Waals surface area contributed by atoms with Gasteiger partial charge in [0.05, 0.1) is 38.4 Å². The van der Waals surface area contributed by atoms with E-state index in [0.717, 1.165) is 51.0 Å². The van der Waals surface area contributed by atoms with Crippen LogP contribution in [0, 0.1) is 0 Å². The van der Waals surface area contributed by atoms with Gasteiger partial charge in [-0.15, -0.1) is 0 Å². The van der Waals surface area contributed by atoms with Gasteiger partial charge in [-0.1, -0.05) is 54.6 Å². The van der Waals surface area contributed by atoms with Gasteiger partial charge in [0.15, 0.2) is 0 Å². The minimum Gasteiger partial charge on any atom is -0.497 e. The summed E-state index contributed by atoms with van der Waals surface area (Å²) in [4.78, 5) is 12.8. The molecule has 43 heavy (non-hydrogen) atoms. The van der Waals surface area contributed by atoms with Gasteiger partial charge in [0.2, 0.25) is 0 Å². The second-order valence-corrected chi connectivity index (χ2v) is 8.84. The summed E-state index contributed by atoms with van der Waals surface area (Å²) >= 11 is 0. The second kappa shape index (κ2) is 17.9. The predicted molar refractivity (Wildman–Crippen MR) is 169 cm³/mol. The van der Waals surface area contributed by atoms with Gasteiger partial charge in [-0.05, 0) is 72.8 Å². The first-order valence-corrected chi connectivity index (χ1v) is 13.4. The molecule has 0 atom stereocenters. The van der Waals surface area contributed by atoms with Crippen molar-refractivity contribution >= 4 is 0 Å². The average molecular weight is 748 g/mol. The zero-order valence-corrected chi connectivity index (χ0v) is 26.7. The molecular weight excluding hydrogens is 715 g/mol. The van der Waals surface area contributed by atoms with Gasteiger partial charge in [-0.3, -0.25) is 15.0 Å². The van der Waals surface area contributed by atoms with E-state index in [1.807, 2.05) is 127 Å². The van der Waals surface area contributed by atoms with Crippen molar-refractivity contribution in [1.82, 2.24) is 15.0 Å². The average Bonchev–Trinajstić information content (AvgIpc) is 3.10. The van der Waals surface area contributed by atoms with Crippen LogP contribution >= 0.6 is 0 Å². The van der Waals surface area contributed by atoms with Gasteiger partial charge in [-0.25, -0.2) is 0 Å². The van der Waals surface area contributed by atoms with Crippen LogP contribution in [0.15, 0.2) is 146 Å². The zero-order valence-electron chi connectivity index (χ0n) is 24.3. The van der Waals surface area contributed by atoms with Gasteiger partial charge >= 0.3 is 0 Å². The normalized spacial score (nSPS) is 9.56. The summed E-state index contributed by atoms with van der Waals surface area (Å²) < 4.78 is 15.4. The van der Waals surface area contributed by atoms with E-state index in [1.165, 1.54) is 0 Å². The van der Waals surface area contributed by atoms with E-state index in [0.29, 0.717) is 0 Å². The van der Waals surface area contributed by atoms with Crippen LogP contribution in [0.4, 0.5) is 0 Å². The number of nitrogens with zero attached hydrogens (tertiary/aromatic N) is 3. The van der Waals surface area contributed by atoms with Crippen molar-refractivity contribution < 1.29 is 34.3 Å². The van der Waals surface area contributed by atoms with E-state index in [9.17, 15) is 0 Å². The third-order valence-electron chi connectivity index (χ3n) is 6.09. The number of hydrogen-bond donors (Lipinski definition) is 0. The Balaban J connectivity index is 0.000000175. The molecule has 3 aromatic heterocycles. The number of pyridine rings is 3. The molecule has 0 aliphatic carbocycles. The Morgan fingerprint density at radius 1 is 0.372 bits per heavy atom. The summed E-state index contributed by atoms with van der Waals surface area (Å²) in [7, 11) is 4.99. The van der Waals surface area contributed by atoms with E-state index in [2.05, 4.69) is 15.0 Å². The Bertz CT molecular complexity index is 1440. The molecule has 0 saturated carbocycles. The molecule has 0 bridgehead atoms. The second-order valence-electron chi connectivity index (χ2n) is 8.84. The van der Waals surface area contributed by atoms with E-state index >= 15 is 0 Å². The van der Waals surface area contributed by atoms with Crippen molar-refractivity contribution in [3.05, 3.63) is 146 Å². The first kappa shape index (κ1) is 32.7. The van der Waals surface area contributed by atoms with E-state index in [-0.39, 0.29) is 20.1 Å². The molecule has 0 aliphatic heterocycles. The standard InChI is InChI=1S/3C12H11NO.Ir/c3*1-14-11-6-4-5-10(9-11)12-7-2-3-8-13-12;/h3*2-9H,1H3;. The molecule has 6 aromatic rings. The SMILES string of the molecule is COc1cccc(-c2ccccn2)c1.COc1cccc(-c2ccccn2)c1.COc1cccc(-c2ccccn2)c1.[Ir]. The van der Waals surface area contributed by atoms with Crippen molar-refractivity contribution in [2.45, 2.75) is 0 Å². The summed E-state index contributed by atoms with van der Waals surface area (Å²) in [6.45, 7) is 0. The predicted octanol–water partition coefficient (Wildman–Crippen LogP) is 8.27. The molecule has 0 N–H and O–H groups in total. The Kier molecular flexibility index (Phi) is 13.6. The molecule has 6 rings (SSSR count). The largest absolute Gasteiger partial charge is 0.497 e. The fourth-order valence-corrected chi connectivity index (χ4v) is 3.95. The number of aromatic nitrogens is 3. The molecule has 6 nitrogen and oxygen atoms in total. The van der Waals surface area contributed by atoms with Crippen molar-refractivity contribution in [3.8, 4) is 51.0 Å². The minimum absolute atomic E-state index is 0. The maximum atomic E-state index is 5.15. The van der Waals surface area contributed by atoms with Gasteiger partial charge in [0.25, 0.3) is 0 Å². The summed E-state index contributed by atoms with van der Waals surface area (Å²) in [6, 6.07) is 41.2. The fourth-order valence-electron chi connectivity index (χ4n) is 3.95. The third kappa shape index (κ3) is 10.2. The molecule has 0 saturated heterocycles. The molecule has 3 heterocycles. The molecule has 0 aliphatic rings. The van der Waals surface area contributed by atoms with Gasteiger partial charge in [0.1, 0.15) is 17.2 Å². The van der Waals surface area contributed by atoms with Crippen molar-refractivity contribution in [1.29, 1.82) is 0 Å². The summed E-state index contributed by atoms with van der Waals surface area (Å²) in [5.41, 5.74) is 6.11. The monoisotopic (exact) mass is 748 g/mol. The molecule has 1 radical (unpaired) electrons. The Morgan fingerprint density at radius 2 is 0.674 bits per heavy atom. The molecule has 219 valence electrons. The molecule has 0 amide bonds. The van der Waals surface area contributed by atoms with Crippen molar-refractivity contribution in [2.75, 3.05) is 21.3 Å². The maximum absolute atomic E-state index is 5.15. The Morgan fingerprint density at radius 3 is 0.907 bits per heavy atom. The Hall–Kier alpha value is -4.84. The van der Waals surface area contributed by atoms with Crippen LogP contribution in [0.25, 0.3) is 33.8 Å². The summed E-state index contributed by atoms with van der Waals surface area (Å²) in [5.74, 6) is 2.56. The van der Waals surface area contributed by atoms with Crippen LogP contribution < -0.4 is 14.2 Å². The minimum atomic E-state index is 0. The quantitative estimate of drug-likeness (QED) is 0.171. The first-order valence-electron chi connectivity index (χ1n) is 13.4. The molecular formula is C36H33IrN3O3. The van der Waals surface area contributed by atoms with Crippen LogP contribution in [0.1, 0.15) is 0 Å². The van der Waals surface area contributed by atoms with E-state index in [1.54, 1.807) is 39.9 Å². The zero-order chi connectivity index (χ0) is 29.4.